The molecular formula is C13H18BrFN2O2S. The molecule has 0 aromatic heterocycles. The lowest BCUT2D eigenvalue weighted by molar-refractivity contribution is 0.495. The average Bonchev–Trinajstić information content (AvgIpc) is 3.16. The predicted molar refractivity (Wildman–Crippen MR) is 80.3 cm³/mol. The molecule has 1 aliphatic rings. The van der Waals surface area contributed by atoms with Gasteiger partial charge in [0, 0.05) is 10.5 Å². The Balaban J connectivity index is 2.22. The molecule has 1 fully saturated rings. The standard InChI is InChI=1S/C13H18BrFN2O2S/c1-2-9(5-8-3-4-8)17-20(18,19)13-7-12(16)11(15)6-10(13)14/h6-9,17H,2-5,16H2,1H3. The van der Waals surface area contributed by atoms with Crippen molar-refractivity contribution in [1.29, 1.82) is 0 Å². The molecule has 1 aliphatic carbocycles. The minimum absolute atomic E-state index is 0.0225. The number of nitrogen functional groups attached to an aromatic ring is 1. The van der Waals surface area contributed by atoms with Crippen LogP contribution in [0.1, 0.15) is 32.6 Å². The minimum Gasteiger partial charge on any atom is -0.396 e. The van der Waals surface area contributed by atoms with Gasteiger partial charge >= 0.3 is 0 Å². The third kappa shape index (κ3) is 3.71. The molecule has 1 aromatic rings. The van der Waals surface area contributed by atoms with E-state index >= 15 is 0 Å². The van der Waals surface area contributed by atoms with Gasteiger partial charge < -0.3 is 5.73 Å². The lowest BCUT2D eigenvalue weighted by Gasteiger charge is -2.17. The summed E-state index contributed by atoms with van der Waals surface area (Å²) in [6.45, 7) is 1.95. The molecular weight excluding hydrogens is 347 g/mol. The van der Waals surface area contributed by atoms with E-state index in [4.69, 9.17) is 5.73 Å². The Morgan fingerprint density at radius 3 is 2.70 bits per heavy atom. The van der Waals surface area contributed by atoms with E-state index in [9.17, 15) is 12.8 Å². The van der Waals surface area contributed by atoms with E-state index < -0.39 is 15.8 Å². The topological polar surface area (TPSA) is 72.2 Å². The zero-order valence-electron chi connectivity index (χ0n) is 11.2. The van der Waals surface area contributed by atoms with E-state index in [-0.39, 0.29) is 21.1 Å². The predicted octanol–water partition coefficient (Wildman–Crippen LogP) is 3.03. The Morgan fingerprint density at radius 2 is 2.15 bits per heavy atom. The van der Waals surface area contributed by atoms with Gasteiger partial charge in [-0.1, -0.05) is 19.8 Å². The fourth-order valence-electron chi connectivity index (χ4n) is 2.09. The maximum absolute atomic E-state index is 13.3. The van der Waals surface area contributed by atoms with Gasteiger partial charge in [-0.2, -0.15) is 0 Å². The summed E-state index contributed by atoms with van der Waals surface area (Å²) in [7, 11) is -3.70. The first-order valence-corrected chi connectivity index (χ1v) is 8.88. The van der Waals surface area contributed by atoms with Crippen molar-refractivity contribution < 1.29 is 12.8 Å². The van der Waals surface area contributed by atoms with Crippen LogP contribution in [0.4, 0.5) is 10.1 Å². The highest BCUT2D eigenvalue weighted by Gasteiger charge is 2.28. The van der Waals surface area contributed by atoms with Crippen molar-refractivity contribution in [2.75, 3.05) is 5.73 Å². The van der Waals surface area contributed by atoms with Crippen LogP contribution in [0.2, 0.25) is 0 Å². The SMILES string of the molecule is CCC(CC1CC1)NS(=O)(=O)c1cc(N)c(F)cc1Br. The third-order valence-corrected chi connectivity index (χ3v) is 5.95. The molecule has 112 valence electrons. The fourth-order valence-corrected chi connectivity index (χ4v) is 4.47. The van der Waals surface area contributed by atoms with Gasteiger partial charge in [0.1, 0.15) is 5.82 Å². The molecule has 2 rings (SSSR count). The van der Waals surface area contributed by atoms with Crippen LogP contribution < -0.4 is 10.5 Å². The molecule has 1 saturated carbocycles. The summed E-state index contributed by atoms with van der Waals surface area (Å²) in [5.41, 5.74) is 5.28. The molecule has 0 amide bonds. The quantitative estimate of drug-likeness (QED) is 0.762. The van der Waals surface area contributed by atoms with E-state index in [0.717, 1.165) is 25.0 Å². The second kappa shape index (κ2) is 5.99. The number of anilines is 1. The normalized spacial score (nSPS) is 17.1. The lowest BCUT2D eigenvalue weighted by atomic mass is 10.1. The Hall–Kier alpha value is -0.660. The van der Waals surface area contributed by atoms with Crippen LogP contribution in [0.5, 0.6) is 0 Å². The molecule has 1 atom stereocenters. The van der Waals surface area contributed by atoms with Gasteiger partial charge in [0.25, 0.3) is 0 Å². The summed E-state index contributed by atoms with van der Waals surface area (Å²) < 4.78 is 40.9. The van der Waals surface area contributed by atoms with Crippen LogP contribution in [-0.4, -0.2) is 14.5 Å². The van der Waals surface area contributed by atoms with Gasteiger partial charge in [-0.25, -0.2) is 17.5 Å². The number of halogens is 2. The third-order valence-electron chi connectivity index (χ3n) is 3.47. The zero-order chi connectivity index (χ0) is 14.9. The van der Waals surface area contributed by atoms with E-state index in [2.05, 4.69) is 20.7 Å². The Labute approximate surface area is 127 Å². The van der Waals surface area contributed by atoms with Crippen LogP contribution in [0.3, 0.4) is 0 Å². The lowest BCUT2D eigenvalue weighted by Crippen LogP contribution is -2.35. The maximum atomic E-state index is 13.3. The average molecular weight is 365 g/mol. The van der Waals surface area contributed by atoms with E-state index in [1.54, 1.807) is 0 Å². The summed E-state index contributed by atoms with van der Waals surface area (Å²) in [6, 6.07) is 2.13. The Bertz CT molecular complexity index is 603. The molecule has 0 saturated heterocycles. The number of hydrogen-bond acceptors (Lipinski definition) is 3. The van der Waals surface area contributed by atoms with Crippen molar-refractivity contribution in [2.45, 2.75) is 43.5 Å². The van der Waals surface area contributed by atoms with Crippen molar-refractivity contribution in [2.24, 2.45) is 5.92 Å². The summed E-state index contributed by atoms with van der Waals surface area (Å²) >= 11 is 3.08. The zero-order valence-corrected chi connectivity index (χ0v) is 13.6. The molecule has 4 nitrogen and oxygen atoms in total. The molecule has 1 unspecified atom stereocenters. The number of nitrogens with one attached hydrogen (secondary N) is 1. The first kappa shape index (κ1) is 15.7. The fraction of sp³-hybridized carbons (Fsp3) is 0.538. The molecule has 0 spiro atoms. The minimum atomic E-state index is -3.70. The van der Waals surface area contributed by atoms with Crippen molar-refractivity contribution in [3.63, 3.8) is 0 Å². The van der Waals surface area contributed by atoms with Crippen molar-refractivity contribution in [3.05, 3.63) is 22.4 Å². The highest BCUT2D eigenvalue weighted by Crippen LogP contribution is 2.34. The summed E-state index contributed by atoms with van der Waals surface area (Å²) in [6.07, 6.45) is 3.92. The second-order valence-electron chi connectivity index (χ2n) is 5.21. The number of sulfonamides is 1. The van der Waals surface area contributed by atoms with Crippen molar-refractivity contribution in [3.8, 4) is 0 Å². The molecule has 0 heterocycles. The van der Waals surface area contributed by atoms with Crippen LogP contribution in [0.15, 0.2) is 21.5 Å². The molecule has 0 bridgehead atoms. The van der Waals surface area contributed by atoms with Crippen molar-refractivity contribution >= 4 is 31.6 Å². The number of rotatable bonds is 6. The van der Waals surface area contributed by atoms with Gasteiger partial charge in [-0.3, -0.25) is 0 Å². The molecule has 3 N–H and O–H groups in total. The maximum Gasteiger partial charge on any atom is 0.242 e. The molecule has 0 radical (unpaired) electrons. The number of hydrogen-bond donors (Lipinski definition) is 2. The van der Waals surface area contributed by atoms with E-state index in [1.165, 1.54) is 12.8 Å². The first-order chi connectivity index (χ1) is 9.33. The van der Waals surface area contributed by atoms with Crippen LogP contribution in [0, 0.1) is 11.7 Å². The molecule has 7 heteroatoms. The van der Waals surface area contributed by atoms with Gasteiger partial charge in [0.2, 0.25) is 10.0 Å². The highest BCUT2D eigenvalue weighted by atomic mass is 79.9. The Kier molecular flexibility index (Phi) is 4.71. The van der Waals surface area contributed by atoms with E-state index in [0.29, 0.717) is 5.92 Å². The summed E-state index contributed by atoms with van der Waals surface area (Å²) in [4.78, 5) is -0.0225. The van der Waals surface area contributed by atoms with Crippen LogP contribution in [-0.2, 0) is 10.0 Å². The van der Waals surface area contributed by atoms with Gasteiger partial charge in [0.05, 0.1) is 10.6 Å². The van der Waals surface area contributed by atoms with Gasteiger partial charge in [-0.05, 0) is 46.8 Å². The smallest absolute Gasteiger partial charge is 0.242 e. The summed E-state index contributed by atoms with van der Waals surface area (Å²) in [5, 5.41) is 0. The van der Waals surface area contributed by atoms with Crippen molar-refractivity contribution in [1.82, 2.24) is 4.72 Å². The van der Waals surface area contributed by atoms with E-state index in [1.807, 2.05) is 6.92 Å². The molecule has 1 aromatic carbocycles. The number of benzene rings is 1. The highest BCUT2D eigenvalue weighted by molar-refractivity contribution is 9.10. The largest absolute Gasteiger partial charge is 0.396 e. The molecule has 20 heavy (non-hydrogen) atoms. The second-order valence-corrected chi connectivity index (χ2v) is 7.75. The van der Waals surface area contributed by atoms with Gasteiger partial charge in [0.15, 0.2) is 0 Å². The monoisotopic (exact) mass is 364 g/mol. The van der Waals surface area contributed by atoms with Crippen LogP contribution >= 0.6 is 15.9 Å². The number of nitrogens with two attached hydrogens (primary N) is 1. The van der Waals surface area contributed by atoms with Gasteiger partial charge in [-0.15, -0.1) is 0 Å². The van der Waals surface area contributed by atoms with Crippen LogP contribution in [0.25, 0.3) is 0 Å². The first-order valence-electron chi connectivity index (χ1n) is 6.60. The molecule has 0 aliphatic heterocycles. The summed E-state index contributed by atoms with van der Waals surface area (Å²) in [5.74, 6) is -0.00905. The Morgan fingerprint density at radius 1 is 1.50 bits per heavy atom.